The maximum absolute atomic E-state index is 12.4. The first-order chi connectivity index (χ1) is 13.6. The second-order valence-electron chi connectivity index (χ2n) is 6.19. The summed E-state index contributed by atoms with van der Waals surface area (Å²) in [5, 5.41) is 6.53. The summed E-state index contributed by atoms with van der Waals surface area (Å²) in [6.45, 7) is 2.93. The number of benzene rings is 2. The van der Waals surface area contributed by atoms with Gasteiger partial charge in [-0.1, -0.05) is 11.6 Å². The van der Waals surface area contributed by atoms with Gasteiger partial charge in [0.15, 0.2) is 11.5 Å². The van der Waals surface area contributed by atoms with Crippen molar-refractivity contribution >= 4 is 34.8 Å². The van der Waals surface area contributed by atoms with Crippen molar-refractivity contribution in [2.45, 2.75) is 6.92 Å². The molecule has 1 aliphatic rings. The van der Waals surface area contributed by atoms with E-state index >= 15 is 0 Å². The van der Waals surface area contributed by atoms with E-state index in [2.05, 4.69) is 20.6 Å². The molecule has 0 saturated heterocycles. The van der Waals surface area contributed by atoms with Gasteiger partial charge in [0.2, 0.25) is 5.95 Å². The molecular formula is C20H17ClN4O3. The van der Waals surface area contributed by atoms with Gasteiger partial charge in [-0.15, -0.1) is 0 Å². The van der Waals surface area contributed by atoms with E-state index in [0.717, 1.165) is 11.3 Å². The van der Waals surface area contributed by atoms with Gasteiger partial charge in [0, 0.05) is 34.9 Å². The molecule has 0 saturated carbocycles. The highest BCUT2D eigenvalue weighted by atomic mass is 35.5. The molecule has 0 radical (unpaired) electrons. The number of carbonyl (C=O) groups excluding carboxylic acids is 1. The summed E-state index contributed by atoms with van der Waals surface area (Å²) in [7, 11) is 0. The van der Waals surface area contributed by atoms with Crippen molar-refractivity contribution in [3.8, 4) is 11.5 Å². The summed E-state index contributed by atoms with van der Waals surface area (Å²) in [5.74, 6) is 1.46. The average molecular weight is 397 g/mol. The van der Waals surface area contributed by atoms with E-state index < -0.39 is 0 Å². The van der Waals surface area contributed by atoms with Crippen LogP contribution >= 0.6 is 11.6 Å². The maximum atomic E-state index is 12.4. The first-order valence-corrected chi connectivity index (χ1v) is 9.02. The van der Waals surface area contributed by atoms with E-state index in [-0.39, 0.29) is 5.91 Å². The van der Waals surface area contributed by atoms with Gasteiger partial charge in [-0.2, -0.15) is 0 Å². The molecule has 28 heavy (non-hydrogen) atoms. The molecule has 0 spiro atoms. The molecule has 7 nitrogen and oxygen atoms in total. The number of aromatic nitrogens is 2. The molecule has 1 aromatic heterocycles. The fraction of sp³-hybridized carbons (Fsp3) is 0.150. The Bertz CT molecular complexity index is 1020. The van der Waals surface area contributed by atoms with E-state index in [1.54, 1.807) is 18.2 Å². The number of nitrogens with one attached hydrogen (secondary N) is 2. The lowest BCUT2D eigenvalue weighted by Crippen LogP contribution is -2.15. The molecule has 4 rings (SSSR count). The van der Waals surface area contributed by atoms with Crippen molar-refractivity contribution in [1.29, 1.82) is 0 Å². The van der Waals surface area contributed by atoms with Crippen LogP contribution in [0.4, 0.5) is 17.3 Å². The summed E-state index contributed by atoms with van der Waals surface area (Å²) < 4.78 is 11.1. The quantitative estimate of drug-likeness (QED) is 0.687. The maximum Gasteiger partial charge on any atom is 0.258 e. The van der Waals surface area contributed by atoms with Gasteiger partial charge in [0.05, 0.1) is 5.56 Å². The number of anilines is 3. The minimum atomic E-state index is -0.295. The highest BCUT2D eigenvalue weighted by Crippen LogP contribution is 2.33. The molecule has 0 unspecified atom stereocenters. The second kappa shape index (κ2) is 7.74. The third-order valence-corrected chi connectivity index (χ3v) is 4.38. The molecule has 8 heteroatoms. The van der Waals surface area contributed by atoms with E-state index in [0.29, 0.717) is 46.9 Å². The summed E-state index contributed by atoms with van der Waals surface area (Å²) in [6.07, 6.45) is 2.93. The molecule has 0 bridgehead atoms. The third-order valence-electron chi connectivity index (χ3n) is 4.15. The molecule has 3 aromatic rings. The Morgan fingerprint density at radius 2 is 1.79 bits per heavy atom. The summed E-state index contributed by atoms with van der Waals surface area (Å²) in [5.41, 5.74) is 2.67. The topological polar surface area (TPSA) is 85.4 Å². The zero-order valence-corrected chi connectivity index (χ0v) is 15.8. The van der Waals surface area contributed by atoms with E-state index in [4.69, 9.17) is 21.1 Å². The normalized spacial score (nSPS) is 12.4. The predicted molar refractivity (Wildman–Crippen MR) is 107 cm³/mol. The van der Waals surface area contributed by atoms with Crippen molar-refractivity contribution in [3.63, 3.8) is 0 Å². The Labute approximate surface area is 166 Å². The van der Waals surface area contributed by atoms with Crippen molar-refractivity contribution in [2.24, 2.45) is 0 Å². The molecule has 142 valence electrons. The largest absolute Gasteiger partial charge is 0.486 e. The first kappa shape index (κ1) is 18.1. The van der Waals surface area contributed by atoms with Crippen LogP contribution in [0, 0.1) is 6.92 Å². The minimum Gasteiger partial charge on any atom is -0.486 e. The number of carbonyl (C=O) groups is 1. The van der Waals surface area contributed by atoms with Crippen LogP contribution in [-0.4, -0.2) is 29.1 Å². The predicted octanol–water partition coefficient (Wildman–Crippen LogP) is 4.21. The lowest BCUT2D eigenvalue weighted by molar-refractivity contribution is 0.102. The molecule has 0 atom stereocenters. The monoisotopic (exact) mass is 396 g/mol. The summed E-state index contributed by atoms with van der Waals surface area (Å²) >= 11 is 5.94. The van der Waals surface area contributed by atoms with Gasteiger partial charge >= 0.3 is 0 Å². The standard InChI is InChI=1S/C20H17ClN4O3/c1-12-8-14(21)2-4-16(12)25-19(26)13-10-22-20(23-11-13)24-15-3-5-17-18(9-15)28-7-6-27-17/h2-5,8-11H,6-7H2,1H3,(H,25,26)(H,22,23,24). The Hall–Kier alpha value is -3.32. The number of halogens is 1. The van der Waals surface area contributed by atoms with Gasteiger partial charge in [0.1, 0.15) is 13.2 Å². The fourth-order valence-corrected chi connectivity index (χ4v) is 2.95. The highest BCUT2D eigenvalue weighted by Gasteiger charge is 2.13. The van der Waals surface area contributed by atoms with Crippen LogP contribution in [0.5, 0.6) is 11.5 Å². The number of aryl methyl sites for hydroxylation is 1. The molecule has 2 heterocycles. The molecule has 1 amide bonds. The number of rotatable bonds is 4. The Morgan fingerprint density at radius 3 is 2.54 bits per heavy atom. The Morgan fingerprint density at radius 1 is 1.04 bits per heavy atom. The number of hydrogen-bond acceptors (Lipinski definition) is 6. The number of amides is 1. The van der Waals surface area contributed by atoms with Crippen LogP contribution in [0.25, 0.3) is 0 Å². The van der Waals surface area contributed by atoms with E-state index in [1.165, 1.54) is 12.4 Å². The molecule has 1 aliphatic heterocycles. The molecule has 0 fully saturated rings. The lowest BCUT2D eigenvalue weighted by atomic mass is 10.2. The average Bonchev–Trinajstić information content (AvgIpc) is 2.70. The number of ether oxygens (including phenoxy) is 2. The van der Waals surface area contributed by atoms with Crippen molar-refractivity contribution in [2.75, 3.05) is 23.8 Å². The SMILES string of the molecule is Cc1cc(Cl)ccc1NC(=O)c1cnc(Nc2ccc3c(c2)OCCO3)nc1. The zero-order valence-electron chi connectivity index (χ0n) is 15.0. The van der Waals surface area contributed by atoms with Crippen LogP contribution in [-0.2, 0) is 0 Å². The molecule has 2 aromatic carbocycles. The van der Waals surface area contributed by atoms with Crippen LogP contribution in [0.1, 0.15) is 15.9 Å². The minimum absolute atomic E-state index is 0.295. The van der Waals surface area contributed by atoms with Crippen LogP contribution in [0.2, 0.25) is 5.02 Å². The summed E-state index contributed by atoms with van der Waals surface area (Å²) in [4.78, 5) is 20.8. The van der Waals surface area contributed by atoms with Gasteiger partial charge in [-0.25, -0.2) is 9.97 Å². The fourth-order valence-electron chi connectivity index (χ4n) is 2.72. The van der Waals surface area contributed by atoms with Gasteiger partial charge in [-0.3, -0.25) is 4.79 Å². The highest BCUT2D eigenvalue weighted by molar-refractivity contribution is 6.30. The lowest BCUT2D eigenvalue weighted by Gasteiger charge is -2.19. The smallest absolute Gasteiger partial charge is 0.258 e. The molecule has 2 N–H and O–H groups in total. The van der Waals surface area contributed by atoms with Gasteiger partial charge < -0.3 is 20.1 Å². The second-order valence-corrected chi connectivity index (χ2v) is 6.63. The Kier molecular flexibility index (Phi) is 4.99. The number of nitrogens with zero attached hydrogens (tertiary/aromatic N) is 2. The van der Waals surface area contributed by atoms with Crippen LogP contribution in [0.15, 0.2) is 48.8 Å². The van der Waals surface area contributed by atoms with Crippen molar-refractivity contribution in [3.05, 3.63) is 64.9 Å². The molecular weight excluding hydrogens is 380 g/mol. The van der Waals surface area contributed by atoms with Crippen LogP contribution < -0.4 is 20.1 Å². The number of hydrogen-bond donors (Lipinski definition) is 2. The third kappa shape index (κ3) is 3.99. The van der Waals surface area contributed by atoms with Gasteiger partial charge in [0.25, 0.3) is 5.91 Å². The molecule has 0 aliphatic carbocycles. The van der Waals surface area contributed by atoms with Crippen LogP contribution in [0.3, 0.4) is 0 Å². The van der Waals surface area contributed by atoms with E-state index in [1.807, 2.05) is 25.1 Å². The first-order valence-electron chi connectivity index (χ1n) is 8.65. The summed E-state index contributed by atoms with van der Waals surface area (Å²) in [6, 6.07) is 10.8. The van der Waals surface area contributed by atoms with Gasteiger partial charge in [-0.05, 0) is 42.8 Å². The number of fused-ring (bicyclic) bond motifs is 1. The van der Waals surface area contributed by atoms with E-state index in [9.17, 15) is 4.79 Å². The zero-order chi connectivity index (χ0) is 19.5. The van der Waals surface area contributed by atoms with Crippen molar-refractivity contribution in [1.82, 2.24) is 9.97 Å². The Balaban J connectivity index is 1.44. The van der Waals surface area contributed by atoms with Crippen molar-refractivity contribution < 1.29 is 14.3 Å².